The first-order chi connectivity index (χ1) is 16.0. The van der Waals surface area contributed by atoms with E-state index in [1.807, 2.05) is 49.9 Å². The summed E-state index contributed by atoms with van der Waals surface area (Å²) in [6, 6.07) is 11.2. The maximum absolute atomic E-state index is 13.4. The van der Waals surface area contributed by atoms with Crippen LogP contribution in [0.25, 0.3) is 0 Å². The Kier molecular flexibility index (Phi) is 5.58. The molecule has 2 aromatic heterocycles. The number of anilines is 2. The smallest absolute Gasteiger partial charge is 0.254 e. The molecule has 1 atom stereocenters. The summed E-state index contributed by atoms with van der Waals surface area (Å²) in [5.74, 6) is 1.83. The first-order valence-corrected chi connectivity index (χ1v) is 11.2. The fourth-order valence-corrected chi connectivity index (χ4v) is 4.51. The minimum atomic E-state index is -0.0914. The molecule has 0 saturated carbocycles. The number of aryl methyl sites for hydroxylation is 3. The number of benzene rings is 1. The van der Waals surface area contributed by atoms with E-state index in [1.54, 1.807) is 12.1 Å². The molecule has 1 fully saturated rings. The summed E-state index contributed by atoms with van der Waals surface area (Å²) in [5.41, 5.74) is 5.01. The Morgan fingerprint density at radius 1 is 0.939 bits per heavy atom. The number of pyridine rings is 1. The lowest BCUT2D eigenvalue weighted by Gasteiger charge is -2.26. The molecule has 8 nitrogen and oxygen atoms in total. The second-order valence-corrected chi connectivity index (χ2v) is 8.54. The number of ether oxygens (including phenoxy) is 2. The zero-order valence-electron chi connectivity index (χ0n) is 19.1. The zero-order valence-corrected chi connectivity index (χ0v) is 19.1. The highest BCUT2D eigenvalue weighted by molar-refractivity contribution is 5.95. The molecule has 8 heteroatoms. The van der Waals surface area contributed by atoms with Gasteiger partial charge in [-0.25, -0.2) is 9.97 Å². The lowest BCUT2D eigenvalue weighted by atomic mass is 10.1. The molecule has 4 heterocycles. The number of hydrogen-bond donors (Lipinski definition) is 1. The summed E-state index contributed by atoms with van der Waals surface area (Å²) in [6.07, 6.45) is 1.80. The van der Waals surface area contributed by atoms with Crippen LogP contribution in [0.15, 0.2) is 36.4 Å². The van der Waals surface area contributed by atoms with E-state index in [0.717, 1.165) is 41.3 Å². The summed E-state index contributed by atoms with van der Waals surface area (Å²) in [4.78, 5) is 29.0. The maximum atomic E-state index is 13.4. The number of aromatic nitrogens is 3. The van der Waals surface area contributed by atoms with Crippen LogP contribution in [0.3, 0.4) is 0 Å². The van der Waals surface area contributed by atoms with E-state index in [2.05, 4.69) is 15.3 Å². The fourth-order valence-electron chi connectivity index (χ4n) is 4.51. The first kappa shape index (κ1) is 21.2. The predicted octanol–water partition coefficient (Wildman–Crippen LogP) is 4.29. The van der Waals surface area contributed by atoms with Gasteiger partial charge in [-0.2, -0.15) is 0 Å². The lowest BCUT2D eigenvalue weighted by Crippen LogP contribution is -2.31. The third-order valence-electron chi connectivity index (χ3n) is 5.86. The molecular formula is C25H27N5O3. The Morgan fingerprint density at radius 3 is 2.45 bits per heavy atom. The Balaban J connectivity index is 1.41. The largest absolute Gasteiger partial charge is 0.486 e. The molecule has 1 aromatic carbocycles. The number of carbonyl (C=O) groups is 1. The number of hydrogen-bond acceptors (Lipinski definition) is 7. The molecule has 1 N–H and O–H groups in total. The average Bonchev–Trinajstić information content (AvgIpc) is 3.27. The van der Waals surface area contributed by atoms with Crippen molar-refractivity contribution >= 4 is 17.5 Å². The Labute approximate surface area is 193 Å². The van der Waals surface area contributed by atoms with Crippen LogP contribution in [-0.4, -0.2) is 45.5 Å². The van der Waals surface area contributed by atoms with Crippen molar-refractivity contribution in [3.63, 3.8) is 0 Å². The number of fused-ring (bicyclic) bond motifs is 1. The molecule has 1 saturated heterocycles. The SMILES string of the molecule is Cc1cc(Nc2nc(C)cc(C)n2)cc([C@@H]2CCCN2C(=O)c2ccc3c(c2)OCCO3)n1. The highest BCUT2D eigenvalue weighted by Gasteiger charge is 2.32. The topological polar surface area (TPSA) is 89.5 Å². The molecule has 3 aromatic rings. The van der Waals surface area contributed by atoms with Gasteiger partial charge in [0, 0.05) is 34.9 Å². The van der Waals surface area contributed by atoms with Gasteiger partial charge in [0.1, 0.15) is 13.2 Å². The molecule has 1 amide bonds. The predicted molar refractivity (Wildman–Crippen MR) is 124 cm³/mol. The second kappa shape index (κ2) is 8.69. The summed E-state index contributed by atoms with van der Waals surface area (Å²) in [6.45, 7) is 7.56. The summed E-state index contributed by atoms with van der Waals surface area (Å²) < 4.78 is 11.3. The van der Waals surface area contributed by atoms with Crippen LogP contribution >= 0.6 is 0 Å². The molecule has 0 spiro atoms. The van der Waals surface area contributed by atoms with E-state index in [-0.39, 0.29) is 11.9 Å². The second-order valence-electron chi connectivity index (χ2n) is 8.54. The van der Waals surface area contributed by atoms with Crippen molar-refractivity contribution in [1.82, 2.24) is 19.9 Å². The van der Waals surface area contributed by atoms with Crippen molar-refractivity contribution in [1.29, 1.82) is 0 Å². The molecule has 0 radical (unpaired) electrons. The molecule has 0 bridgehead atoms. The molecule has 5 rings (SSSR count). The third-order valence-corrected chi connectivity index (χ3v) is 5.86. The van der Waals surface area contributed by atoms with Crippen LogP contribution in [-0.2, 0) is 0 Å². The van der Waals surface area contributed by atoms with Crippen LogP contribution < -0.4 is 14.8 Å². The van der Waals surface area contributed by atoms with E-state index in [1.165, 1.54) is 0 Å². The highest BCUT2D eigenvalue weighted by Crippen LogP contribution is 2.36. The number of rotatable bonds is 4. The van der Waals surface area contributed by atoms with E-state index in [0.29, 0.717) is 42.8 Å². The van der Waals surface area contributed by atoms with Crippen molar-refractivity contribution in [3.05, 3.63) is 64.7 Å². The van der Waals surface area contributed by atoms with Gasteiger partial charge in [0.15, 0.2) is 11.5 Å². The van der Waals surface area contributed by atoms with Crippen molar-refractivity contribution in [2.45, 2.75) is 39.7 Å². The van der Waals surface area contributed by atoms with Crippen molar-refractivity contribution in [2.24, 2.45) is 0 Å². The Hall–Kier alpha value is -3.68. The van der Waals surface area contributed by atoms with E-state index >= 15 is 0 Å². The van der Waals surface area contributed by atoms with Gasteiger partial charge in [-0.15, -0.1) is 0 Å². The van der Waals surface area contributed by atoms with Gasteiger partial charge in [-0.3, -0.25) is 9.78 Å². The van der Waals surface area contributed by atoms with Gasteiger partial charge in [-0.05, 0) is 70.0 Å². The molecule has 33 heavy (non-hydrogen) atoms. The number of likely N-dealkylation sites (tertiary alicyclic amines) is 1. The van der Waals surface area contributed by atoms with Gasteiger partial charge in [0.05, 0.1) is 11.7 Å². The molecular weight excluding hydrogens is 418 g/mol. The first-order valence-electron chi connectivity index (χ1n) is 11.2. The minimum absolute atomic E-state index is 0.0232. The number of nitrogens with one attached hydrogen (secondary N) is 1. The minimum Gasteiger partial charge on any atom is -0.486 e. The van der Waals surface area contributed by atoms with Crippen LogP contribution in [0.4, 0.5) is 11.6 Å². The average molecular weight is 446 g/mol. The summed E-state index contributed by atoms with van der Waals surface area (Å²) in [7, 11) is 0. The van der Waals surface area contributed by atoms with Gasteiger partial charge in [0.2, 0.25) is 5.95 Å². The van der Waals surface area contributed by atoms with E-state index < -0.39 is 0 Å². The molecule has 0 unspecified atom stereocenters. The standard InChI is InChI=1S/C25H27N5O3/c1-15-11-16(2)28-25(27-15)29-19-12-17(3)26-20(14-19)21-5-4-8-30(21)24(31)18-6-7-22-23(13-18)33-10-9-32-22/h6-7,11-14,21H,4-5,8-10H2,1-3H3,(H,26,27,28,29)/t21-/m0/s1. The Bertz CT molecular complexity index is 1190. The fraction of sp³-hybridized carbons (Fsp3) is 0.360. The lowest BCUT2D eigenvalue weighted by molar-refractivity contribution is 0.0731. The van der Waals surface area contributed by atoms with Gasteiger partial charge < -0.3 is 19.7 Å². The molecule has 170 valence electrons. The van der Waals surface area contributed by atoms with E-state index in [4.69, 9.17) is 14.5 Å². The van der Waals surface area contributed by atoms with Crippen molar-refractivity contribution < 1.29 is 14.3 Å². The quantitative estimate of drug-likeness (QED) is 0.641. The summed E-state index contributed by atoms with van der Waals surface area (Å²) in [5, 5.41) is 3.30. The van der Waals surface area contributed by atoms with Crippen LogP contribution in [0.2, 0.25) is 0 Å². The van der Waals surface area contributed by atoms with Gasteiger partial charge in [-0.1, -0.05) is 0 Å². The number of amides is 1. The van der Waals surface area contributed by atoms with Crippen LogP contribution in [0, 0.1) is 20.8 Å². The Morgan fingerprint density at radius 2 is 1.67 bits per heavy atom. The third kappa shape index (κ3) is 4.46. The van der Waals surface area contributed by atoms with Crippen molar-refractivity contribution in [3.8, 4) is 11.5 Å². The van der Waals surface area contributed by atoms with Gasteiger partial charge in [0.25, 0.3) is 5.91 Å². The number of nitrogens with zero attached hydrogens (tertiary/aromatic N) is 4. The van der Waals surface area contributed by atoms with Crippen molar-refractivity contribution in [2.75, 3.05) is 25.1 Å². The maximum Gasteiger partial charge on any atom is 0.254 e. The molecule has 2 aliphatic rings. The zero-order chi connectivity index (χ0) is 22.9. The molecule has 2 aliphatic heterocycles. The van der Waals surface area contributed by atoms with Gasteiger partial charge >= 0.3 is 0 Å². The monoisotopic (exact) mass is 445 g/mol. The summed E-state index contributed by atoms with van der Waals surface area (Å²) >= 11 is 0. The highest BCUT2D eigenvalue weighted by atomic mass is 16.6. The molecule has 0 aliphatic carbocycles. The van der Waals surface area contributed by atoms with E-state index in [9.17, 15) is 4.79 Å². The number of carbonyl (C=O) groups excluding carboxylic acids is 1. The normalized spacial score (nSPS) is 17.2. The van der Waals surface area contributed by atoms with Crippen LogP contribution in [0.1, 0.15) is 52.0 Å². The van der Waals surface area contributed by atoms with Crippen LogP contribution in [0.5, 0.6) is 11.5 Å².